The molecule has 0 radical (unpaired) electrons. The van der Waals surface area contributed by atoms with Crippen LogP contribution >= 0.6 is 0 Å². The predicted molar refractivity (Wildman–Crippen MR) is 113 cm³/mol. The van der Waals surface area contributed by atoms with Crippen LogP contribution in [-0.2, 0) is 16.1 Å². The summed E-state index contributed by atoms with van der Waals surface area (Å²) in [4.78, 5) is 43.7. The summed E-state index contributed by atoms with van der Waals surface area (Å²) < 4.78 is 1.63. The van der Waals surface area contributed by atoms with Gasteiger partial charge in [-0.3, -0.25) is 14.4 Å². The minimum Gasteiger partial charge on any atom is -0.352 e. The number of fused-ring (bicyclic) bond motifs is 1. The third-order valence-electron chi connectivity index (χ3n) is 4.95. The standard InChI is InChI=1S/C21H29N5O3/c1-15(2)23-19(28)14-22-18(27)10-13-26-17-9-5-4-8-16(17)24-20(21(26)29)25-11-6-3-7-12-25/h4-5,8-9,15H,3,6-7,10-14H2,1-2H3,(H,22,27)(H,23,28). The number of nitrogens with zero attached hydrogens (tertiary/aromatic N) is 3. The predicted octanol–water partition coefficient (Wildman–Crippen LogP) is 1.42. The molecule has 2 N–H and O–H groups in total. The second-order valence-corrected chi connectivity index (χ2v) is 7.68. The van der Waals surface area contributed by atoms with Gasteiger partial charge in [0.05, 0.1) is 17.6 Å². The smallest absolute Gasteiger partial charge is 0.294 e. The number of anilines is 1. The van der Waals surface area contributed by atoms with Crippen molar-refractivity contribution in [1.82, 2.24) is 20.2 Å². The molecule has 0 atom stereocenters. The molecule has 29 heavy (non-hydrogen) atoms. The monoisotopic (exact) mass is 399 g/mol. The Hall–Kier alpha value is -2.90. The highest BCUT2D eigenvalue weighted by Gasteiger charge is 2.19. The lowest BCUT2D eigenvalue weighted by molar-refractivity contribution is -0.126. The van der Waals surface area contributed by atoms with Crippen molar-refractivity contribution >= 4 is 28.7 Å². The minimum absolute atomic E-state index is 0.0226. The van der Waals surface area contributed by atoms with E-state index in [9.17, 15) is 14.4 Å². The number of carbonyl (C=O) groups is 2. The third kappa shape index (κ3) is 5.34. The Balaban J connectivity index is 1.75. The van der Waals surface area contributed by atoms with Crippen LogP contribution in [0.2, 0.25) is 0 Å². The molecule has 1 aromatic heterocycles. The zero-order valence-electron chi connectivity index (χ0n) is 17.1. The molecule has 0 spiro atoms. The van der Waals surface area contributed by atoms with Crippen LogP contribution in [0, 0.1) is 0 Å². The van der Waals surface area contributed by atoms with E-state index in [1.165, 1.54) is 6.42 Å². The van der Waals surface area contributed by atoms with Crippen LogP contribution in [0.3, 0.4) is 0 Å². The van der Waals surface area contributed by atoms with Gasteiger partial charge in [-0.1, -0.05) is 12.1 Å². The van der Waals surface area contributed by atoms with Crippen molar-refractivity contribution in [3.63, 3.8) is 0 Å². The molecule has 0 saturated carbocycles. The number of hydrogen-bond donors (Lipinski definition) is 2. The molecule has 1 aliphatic rings. The molecule has 1 saturated heterocycles. The second-order valence-electron chi connectivity index (χ2n) is 7.68. The Morgan fingerprint density at radius 3 is 2.55 bits per heavy atom. The van der Waals surface area contributed by atoms with E-state index in [1.54, 1.807) is 4.57 Å². The summed E-state index contributed by atoms with van der Waals surface area (Å²) in [5, 5.41) is 5.34. The van der Waals surface area contributed by atoms with Crippen molar-refractivity contribution in [2.45, 2.75) is 52.1 Å². The van der Waals surface area contributed by atoms with E-state index < -0.39 is 0 Å². The van der Waals surface area contributed by atoms with Crippen LogP contribution in [-0.4, -0.2) is 47.0 Å². The maximum atomic E-state index is 13.1. The van der Waals surface area contributed by atoms with Gasteiger partial charge in [0.2, 0.25) is 11.8 Å². The van der Waals surface area contributed by atoms with Gasteiger partial charge in [-0.05, 0) is 45.2 Å². The normalized spacial score (nSPS) is 14.2. The average Bonchev–Trinajstić information content (AvgIpc) is 2.71. The molecule has 8 nitrogen and oxygen atoms in total. The Morgan fingerprint density at radius 1 is 1.10 bits per heavy atom. The quantitative estimate of drug-likeness (QED) is 0.734. The van der Waals surface area contributed by atoms with Crippen LogP contribution in [0.1, 0.15) is 39.5 Å². The maximum Gasteiger partial charge on any atom is 0.294 e. The molecule has 1 aromatic carbocycles. The van der Waals surface area contributed by atoms with Crippen molar-refractivity contribution in [1.29, 1.82) is 0 Å². The molecule has 1 aliphatic heterocycles. The average molecular weight is 399 g/mol. The SMILES string of the molecule is CC(C)NC(=O)CNC(=O)CCn1c(=O)c(N2CCCCC2)nc2ccccc21. The maximum absolute atomic E-state index is 13.1. The van der Waals surface area contributed by atoms with Crippen molar-refractivity contribution in [3.8, 4) is 0 Å². The van der Waals surface area contributed by atoms with E-state index >= 15 is 0 Å². The fourth-order valence-electron chi connectivity index (χ4n) is 3.57. The highest BCUT2D eigenvalue weighted by molar-refractivity contribution is 5.85. The van der Waals surface area contributed by atoms with E-state index in [0.29, 0.717) is 11.3 Å². The van der Waals surface area contributed by atoms with Gasteiger partial charge in [0.15, 0.2) is 5.82 Å². The van der Waals surface area contributed by atoms with Gasteiger partial charge >= 0.3 is 0 Å². The minimum atomic E-state index is -0.267. The van der Waals surface area contributed by atoms with E-state index in [0.717, 1.165) is 31.4 Å². The van der Waals surface area contributed by atoms with Gasteiger partial charge in [-0.15, -0.1) is 0 Å². The van der Waals surface area contributed by atoms with E-state index in [-0.39, 0.29) is 42.9 Å². The van der Waals surface area contributed by atoms with Gasteiger partial charge in [-0.2, -0.15) is 0 Å². The molecule has 2 aromatic rings. The first-order valence-electron chi connectivity index (χ1n) is 10.3. The summed E-state index contributed by atoms with van der Waals surface area (Å²) in [6.45, 7) is 5.54. The Kier molecular flexibility index (Phi) is 6.85. The lowest BCUT2D eigenvalue weighted by atomic mass is 10.1. The van der Waals surface area contributed by atoms with Crippen LogP contribution < -0.4 is 21.1 Å². The number of hydrogen-bond acceptors (Lipinski definition) is 5. The number of amides is 2. The van der Waals surface area contributed by atoms with E-state index in [1.807, 2.05) is 43.0 Å². The molecule has 0 unspecified atom stereocenters. The second kappa shape index (κ2) is 9.54. The highest BCUT2D eigenvalue weighted by Crippen LogP contribution is 2.18. The summed E-state index contributed by atoms with van der Waals surface area (Å²) in [5.41, 5.74) is 1.28. The summed E-state index contributed by atoms with van der Waals surface area (Å²) in [6, 6.07) is 7.50. The summed E-state index contributed by atoms with van der Waals surface area (Å²) >= 11 is 0. The number of benzene rings is 1. The molecule has 8 heteroatoms. The van der Waals surface area contributed by atoms with Gasteiger partial charge in [0, 0.05) is 32.1 Å². The number of aryl methyl sites for hydroxylation is 1. The Bertz CT molecular complexity index is 932. The van der Waals surface area contributed by atoms with Crippen LogP contribution in [0.25, 0.3) is 11.0 Å². The molecule has 2 amide bonds. The Labute approximate surface area is 170 Å². The number of piperidine rings is 1. The first kappa shape index (κ1) is 20.8. The van der Waals surface area contributed by atoms with Crippen LogP contribution in [0.4, 0.5) is 5.82 Å². The van der Waals surface area contributed by atoms with Gasteiger partial charge in [0.25, 0.3) is 5.56 Å². The summed E-state index contributed by atoms with van der Waals surface area (Å²) in [6.07, 6.45) is 3.38. The highest BCUT2D eigenvalue weighted by atomic mass is 16.2. The number of aromatic nitrogens is 2. The fraction of sp³-hybridized carbons (Fsp3) is 0.524. The molecular weight excluding hydrogens is 370 g/mol. The molecule has 2 heterocycles. The first-order valence-corrected chi connectivity index (χ1v) is 10.3. The van der Waals surface area contributed by atoms with E-state index in [2.05, 4.69) is 15.6 Å². The number of nitrogens with one attached hydrogen (secondary N) is 2. The molecule has 0 aliphatic carbocycles. The number of para-hydroxylation sites is 2. The first-order chi connectivity index (χ1) is 14.0. The largest absolute Gasteiger partial charge is 0.352 e. The molecule has 1 fully saturated rings. The van der Waals surface area contributed by atoms with Crippen LogP contribution in [0.5, 0.6) is 0 Å². The van der Waals surface area contributed by atoms with Crippen molar-refractivity contribution < 1.29 is 9.59 Å². The lowest BCUT2D eigenvalue weighted by Crippen LogP contribution is -2.40. The zero-order valence-corrected chi connectivity index (χ0v) is 17.1. The van der Waals surface area contributed by atoms with E-state index in [4.69, 9.17) is 0 Å². The summed E-state index contributed by atoms with van der Waals surface area (Å²) in [7, 11) is 0. The van der Waals surface area contributed by atoms with Crippen LogP contribution in [0.15, 0.2) is 29.1 Å². The van der Waals surface area contributed by atoms with Crippen molar-refractivity contribution in [3.05, 3.63) is 34.6 Å². The van der Waals surface area contributed by atoms with Gasteiger partial charge in [0.1, 0.15) is 0 Å². The molecule has 156 valence electrons. The zero-order chi connectivity index (χ0) is 20.8. The van der Waals surface area contributed by atoms with Crippen molar-refractivity contribution in [2.24, 2.45) is 0 Å². The lowest BCUT2D eigenvalue weighted by Gasteiger charge is -2.27. The fourth-order valence-corrected chi connectivity index (χ4v) is 3.57. The number of rotatable bonds is 7. The van der Waals surface area contributed by atoms with Gasteiger partial charge in [-0.25, -0.2) is 4.98 Å². The molecular formula is C21H29N5O3. The summed E-state index contributed by atoms with van der Waals surface area (Å²) in [5.74, 6) is -0.0383. The molecule has 3 rings (SSSR count). The van der Waals surface area contributed by atoms with Crippen molar-refractivity contribution in [2.75, 3.05) is 24.5 Å². The third-order valence-corrected chi connectivity index (χ3v) is 4.95. The Morgan fingerprint density at radius 2 is 1.83 bits per heavy atom. The topological polar surface area (TPSA) is 96.3 Å². The molecule has 0 bridgehead atoms. The van der Waals surface area contributed by atoms with Gasteiger partial charge < -0.3 is 20.1 Å². The number of carbonyl (C=O) groups excluding carboxylic acids is 2.